The zero-order chi connectivity index (χ0) is 21.7. The number of carbonyl (C=O) groups excluding carboxylic acids is 1. The number of aryl methyl sites for hydroxylation is 1. The van der Waals surface area contributed by atoms with Gasteiger partial charge in [0.1, 0.15) is 5.75 Å². The van der Waals surface area contributed by atoms with Gasteiger partial charge in [-0.1, -0.05) is 15.9 Å². The van der Waals surface area contributed by atoms with Crippen molar-refractivity contribution in [1.82, 2.24) is 5.32 Å². The second-order valence-corrected chi connectivity index (χ2v) is 8.79. The summed E-state index contributed by atoms with van der Waals surface area (Å²) in [5.74, 6) is -1.02. The predicted molar refractivity (Wildman–Crippen MR) is 128 cm³/mol. The fourth-order valence-electron chi connectivity index (χ4n) is 2.42. The molecule has 0 aliphatic carbocycles. The Hall–Kier alpha value is -1.75. The molecule has 0 fully saturated rings. The Morgan fingerprint density at radius 3 is 2.45 bits per heavy atom. The van der Waals surface area contributed by atoms with Gasteiger partial charge in [-0.25, -0.2) is 4.79 Å². The van der Waals surface area contributed by atoms with Crippen molar-refractivity contribution in [3.8, 4) is 5.75 Å². The third-order valence-corrected chi connectivity index (χ3v) is 5.47. The molecule has 0 saturated heterocycles. The van der Waals surface area contributed by atoms with Gasteiger partial charge < -0.3 is 15.2 Å². The molecular formula is C19H15Br3N2O4S. The monoisotopic (exact) mass is 604 g/mol. The van der Waals surface area contributed by atoms with Gasteiger partial charge in [0.25, 0.3) is 0 Å². The summed E-state index contributed by atoms with van der Waals surface area (Å²) in [6.07, 6.45) is 2.88. The molecule has 0 aliphatic rings. The zero-order valence-electron chi connectivity index (χ0n) is 15.2. The molecule has 0 atom stereocenters. The van der Waals surface area contributed by atoms with E-state index < -0.39 is 11.9 Å². The van der Waals surface area contributed by atoms with Crippen LogP contribution in [0.25, 0.3) is 6.08 Å². The number of halogens is 3. The summed E-state index contributed by atoms with van der Waals surface area (Å²) in [7, 11) is 1.53. The average molecular weight is 607 g/mol. The quantitative estimate of drug-likeness (QED) is 0.307. The maximum atomic E-state index is 12.2. The van der Waals surface area contributed by atoms with Crippen molar-refractivity contribution in [1.29, 1.82) is 0 Å². The van der Waals surface area contributed by atoms with Crippen molar-refractivity contribution in [3.63, 3.8) is 0 Å². The van der Waals surface area contributed by atoms with Crippen molar-refractivity contribution in [2.45, 2.75) is 6.92 Å². The Bertz CT molecular complexity index is 1020. The molecule has 3 N–H and O–H groups in total. The molecule has 6 nitrogen and oxygen atoms in total. The van der Waals surface area contributed by atoms with Crippen molar-refractivity contribution in [2.24, 2.45) is 0 Å². The number of hydrogen-bond acceptors (Lipinski definition) is 4. The highest BCUT2D eigenvalue weighted by Crippen LogP contribution is 2.33. The molecule has 0 heterocycles. The molecule has 152 valence electrons. The van der Waals surface area contributed by atoms with Crippen LogP contribution in [0.5, 0.6) is 5.75 Å². The number of nitrogens with one attached hydrogen (secondary N) is 2. The number of benzene rings is 2. The van der Waals surface area contributed by atoms with E-state index in [9.17, 15) is 14.7 Å². The van der Waals surface area contributed by atoms with E-state index in [-0.39, 0.29) is 16.4 Å². The van der Waals surface area contributed by atoms with Gasteiger partial charge in [0, 0.05) is 20.6 Å². The van der Waals surface area contributed by atoms with Gasteiger partial charge in [-0.15, -0.1) is 0 Å². The first-order valence-corrected chi connectivity index (χ1v) is 10.8. The second kappa shape index (κ2) is 10.3. The maximum Gasteiger partial charge on any atom is 0.337 e. The Labute approximate surface area is 198 Å². The number of hydrogen-bond donors (Lipinski definition) is 3. The van der Waals surface area contributed by atoms with Gasteiger partial charge in [0.15, 0.2) is 5.11 Å². The van der Waals surface area contributed by atoms with Crippen LogP contribution < -0.4 is 15.4 Å². The summed E-state index contributed by atoms with van der Waals surface area (Å²) in [6, 6.07) is 6.88. The third-order valence-electron chi connectivity index (χ3n) is 3.60. The lowest BCUT2D eigenvalue weighted by Crippen LogP contribution is -2.33. The molecule has 2 aromatic carbocycles. The zero-order valence-corrected chi connectivity index (χ0v) is 20.8. The van der Waals surface area contributed by atoms with Crippen molar-refractivity contribution >= 4 is 88.8 Å². The smallest absolute Gasteiger partial charge is 0.337 e. The Morgan fingerprint density at radius 2 is 1.83 bits per heavy atom. The molecule has 2 aromatic rings. The van der Waals surface area contributed by atoms with Gasteiger partial charge in [0.05, 0.1) is 22.8 Å². The van der Waals surface area contributed by atoms with Crippen molar-refractivity contribution in [3.05, 3.63) is 60.5 Å². The van der Waals surface area contributed by atoms with E-state index in [0.29, 0.717) is 15.8 Å². The van der Waals surface area contributed by atoms with Crippen LogP contribution in [0.15, 0.2) is 43.8 Å². The summed E-state index contributed by atoms with van der Waals surface area (Å²) in [5.41, 5.74) is 1.74. The lowest BCUT2D eigenvalue weighted by molar-refractivity contribution is -0.115. The largest absolute Gasteiger partial charge is 0.495 e. The van der Waals surface area contributed by atoms with E-state index in [1.54, 1.807) is 25.1 Å². The standard InChI is InChI=1S/C19H15Br3N2O4S/c1-9-5-12(18(26)27)16(13(21)6-9)24-19(29)23-15(25)4-3-10-7-11(20)8-14(22)17(10)28-2/h3-8H,1-2H3,(H,26,27)(H2,23,24,25,29)/b4-3+. The number of thiocarbonyl (C=S) groups is 1. The molecule has 29 heavy (non-hydrogen) atoms. The highest BCUT2D eigenvalue weighted by molar-refractivity contribution is 9.11. The topological polar surface area (TPSA) is 87.7 Å². The van der Waals surface area contributed by atoms with E-state index >= 15 is 0 Å². The van der Waals surface area contributed by atoms with E-state index in [1.165, 1.54) is 19.3 Å². The number of rotatable bonds is 5. The SMILES string of the molecule is COc1c(Br)cc(Br)cc1/C=C/C(=O)NC(=S)Nc1c(Br)cc(C)cc1C(=O)O. The number of carbonyl (C=O) groups is 2. The summed E-state index contributed by atoms with van der Waals surface area (Å²) in [5, 5.41) is 14.6. The fraction of sp³-hybridized carbons (Fsp3) is 0.105. The molecule has 2 rings (SSSR count). The first kappa shape index (κ1) is 23.5. The summed E-state index contributed by atoms with van der Waals surface area (Å²) in [4.78, 5) is 23.7. The molecule has 0 saturated carbocycles. The number of aromatic carboxylic acids is 1. The van der Waals surface area contributed by atoms with E-state index in [2.05, 4.69) is 58.4 Å². The third kappa shape index (κ3) is 6.36. The minimum atomic E-state index is -1.11. The molecule has 0 aromatic heterocycles. The molecule has 0 spiro atoms. The van der Waals surface area contributed by atoms with Gasteiger partial charge in [-0.05, 0) is 86.9 Å². The van der Waals surface area contributed by atoms with Crippen LogP contribution in [0.3, 0.4) is 0 Å². The highest BCUT2D eigenvalue weighted by Gasteiger charge is 2.16. The first-order valence-electron chi connectivity index (χ1n) is 7.99. The minimum absolute atomic E-state index is 0.0332. The van der Waals surface area contributed by atoms with Crippen LogP contribution in [0.1, 0.15) is 21.5 Å². The molecule has 0 unspecified atom stereocenters. The summed E-state index contributed by atoms with van der Waals surface area (Å²) < 4.78 is 7.40. The Morgan fingerprint density at radius 1 is 1.14 bits per heavy atom. The second-order valence-electron chi connectivity index (χ2n) is 5.76. The van der Waals surface area contributed by atoms with Crippen molar-refractivity contribution < 1.29 is 19.4 Å². The summed E-state index contributed by atoms with van der Waals surface area (Å²) in [6.45, 7) is 1.78. The number of anilines is 1. The lowest BCUT2D eigenvalue weighted by Gasteiger charge is -2.13. The molecule has 1 amide bonds. The van der Waals surface area contributed by atoms with Crippen LogP contribution >= 0.6 is 60.0 Å². The van der Waals surface area contributed by atoms with Crippen molar-refractivity contribution in [2.75, 3.05) is 12.4 Å². The normalized spacial score (nSPS) is 10.7. The molecule has 10 heteroatoms. The minimum Gasteiger partial charge on any atom is -0.495 e. The Balaban J connectivity index is 2.14. The maximum absolute atomic E-state index is 12.2. The molecule has 0 radical (unpaired) electrons. The number of amides is 1. The summed E-state index contributed by atoms with van der Waals surface area (Å²) >= 11 is 15.2. The number of ether oxygens (including phenoxy) is 1. The van der Waals surface area contributed by atoms with Gasteiger partial charge in [-0.3, -0.25) is 10.1 Å². The van der Waals surface area contributed by atoms with Gasteiger partial charge in [0.2, 0.25) is 5.91 Å². The molecule has 0 aliphatic heterocycles. The number of methoxy groups -OCH3 is 1. The Kier molecular flexibility index (Phi) is 8.38. The van der Waals surface area contributed by atoms with Crippen LogP contribution in [-0.4, -0.2) is 29.2 Å². The van der Waals surface area contributed by atoms with Crippen LogP contribution in [0.4, 0.5) is 5.69 Å². The average Bonchev–Trinajstić information content (AvgIpc) is 2.61. The number of carboxylic acid groups (broad SMARTS) is 1. The molecule has 0 bridgehead atoms. The lowest BCUT2D eigenvalue weighted by atomic mass is 10.1. The van der Waals surface area contributed by atoms with Crippen LogP contribution in [0.2, 0.25) is 0 Å². The van der Waals surface area contributed by atoms with Gasteiger partial charge in [-0.2, -0.15) is 0 Å². The van der Waals surface area contributed by atoms with Gasteiger partial charge >= 0.3 is 5.97 Å². The number of carboxylic acids is 1. The van der Waals surface area contributed by atoms with E-state index in [0.717, 1.165) is 14.5 Å². The predicted octanol–water partition coefficient (Wildman–Crippen LogP) is 5.52. The van der Waals surface area contributed by atoms with E-state index in [4.69, 9.17) is 17.0 Å². The highest BCUT2D eigenvalue weighted by atomic mass is 79.9. The fourth-order valence-corrected chi connectivity index (χ4v) is 4.72. The first-order chi connectivity index (χ1) is 13.6. The van der Waals surface area contributed by atoms with Crippen LogP contribution in [-0.2, 0) is 4.79 Å². The van der Waals surface area contributed by atoms with Crippen LogP contribution in [0, 0.1) is 6.92 Å². The molecular weight excluding hydrogens is 592 g/mol. The van der Waals surface area contributed by atoms with E-state index in [1.807, 2.05) is 6.07 Å².